The third-order valence-corrected chi connectivity index (χ3v) is 5.36. The fourth-order valence-electron chi connectivity index (χ4n) is 2.09. The Balaban J connectivity index is 1.87. The molecule has 0 saturated heterocycles. The van der Waals surface area contributed by atoms with Gasteiger partial charge in [0.05, 0.1) is 10.6 Å². The molecule has 2 aromatic heterocycles. The molecule has 0 amide bonds. The van der Waals surface area contributed by atoms with Gasteiger partial charge in [-0.1, -0.05) is 23.7 Å². The predicted octanol–water partition coefficient (Wildman–Crippen LogP) is 1.53. The summed E-state index contributed by atoms with van der Waals surface area (Å²) in [6.07, 6.45) is 2.95. The second kappa shape index (κ2) is 6.63. The Bertz CT molecular complexity index is 928. The van der Waals surface area contributed by atoms with E-state index in [1.54, 1.807) is 30.5 Å². The molecule has 0 unspecified atom stereocenters. The molecule has 3 aromatic rings. The zero-order valence-electron chi connectivity index (χ0n) is 12.6. The summed E-state index contributed by atoms with van der Waals surface area (Å²) in [5, 5.41) is 11.2. The number of tetrazole rings is 1. The van der Waals surface area contributed by atoms with E-state index in [0.717, 1.165) is 5.56 Å². The second-order valence-electron chi connectivity index (χ2n) is 5.00. The first-order valence-electron chi connectivity index (χ1n) is 6.87. The maximum atomic E-state index is 12.7. The summed E-state index contributed by atoms with van der Waals surface area (Å²) in [7, 11) is -2.16. The maximum absolute atomic E-state index is 12.7. The van der Waals surface area contributed by atoms with Crippen LogP contribution in [-0.2, 0) is 16.6 Å². The molecule has 0 aliphatic heterocycles. The Morgan fingerprint density at radius 1 is 1.25 bits per heavy atom. The van der Waals surface area contributed by atoms with Crippen LogP contribution in [0.25, 0.3) is 5.69 Å². The molecule has 0 fully saturated rings. The Labute approximate surface area is 143 Å². The van der Waals surface area contributed by atoms with Crippen molar-refractivity contribution < 1.29 is 8.42 Å². The van der Waals surface area contributed by atoms with Gasteiger partial charge in [0.1, 0.15) is 11.5 Å². The zero-order valence-corrected chi connectivity index (χ0v) is 14.2. The topological polar surface area (TPSA) is 93.9 Å². The van der Waals surface area contributed by atoms with Crippen LogP contribution in [0.5, 0.6) is 0 Å². The van der Waals surface area contributed by atoms with Gasteiger partial charge in [0.2, 0.25) is 10.0 Å². The lowest BCUT2D eigenvalue weighted by molar-refractivity contribution is 0.466. The van der Waals surface area contributed by atoms with Crippen LogP contribution in [0.1, 0.15) is 5.56 Å². The Kier molecular flexibility index (Phi) is 4.56. The number of benzene rings is 1. The van der Waals surface area contributed by atoms with Crippen molar-refractivity contribution in [2.24, 2.45) is 0 Å². The molecule has 10 heteroatoms. The van der Waals surface area contributed by atoms with Crippen molar-refractivity contribution in [2.45, 2.75) is 11.4 Å². The molecule has 0 spiro atoms. The summed E-state index contributed by atoms with van der Waals surface area (Å²) in [5.41, 5.74) is 1.30. The lowest BCUT2D eigenvalue weighted by Gasteiger charge is -2.17. The highest BCUT2D eigenvalue weighted by molar-refractivity contribution is 7.89. The van der Waals surface area contributed by atoms with Crippen LogP contribution >= 0.6 is 11.6 Å². The molecule has 0 aliphatic rings. The van der Waals surface area contributed by atoms with E-state index in [9.17, 15) is 8.42 Å². The molecule has 24 heavy (non-hydrogen) atoms. The summed E-state index contributed by atoms with van der Waals surface area (Å²) in [6, 6.07) is 9.76. The summed E-state index contributed by atoms with van der Waals surface area (Å²) < 4.78 is 28.1. The van der Waals surface area contributed by atoms with E-state index in [-0.39, 0.29) is 11.4 Å². The molecule has 0 aliphatic carbocycles. The molecular weight excluding hydrogens is 352 g/mol. The minimum Gasteiger partial charge on any atom is -0.244 e. The van der Waals surface area contributed by atoms with Crippen molar-refractivity contribution in [3.8, 4) is 5.69 Å². The van der Waals surface area contributed by atoms with Gasteiger partial charge in [-0.05, 0) is 40.3 Å². The molecule has 2 heterocycles. The highest BCUT2D eigenvalue weighted by Gasteiger charge is 2.21. The lowest BCUT2D eigenvalue weighted by atomic mass is 10.3. The summed E-state index contributed by atoms with van der Waals surface area (Å²) >= 11 is 5.74. The summed E-state index contributed by atoms with van der Waals surface area (Å²) in [6.45, 7) is 0.182. The molecule has 124 valence electrons. The van der Waals surface area contributed by atoms with Crippen molar-refractivity contribution in [1.82, 2.24) is 29.5 Å². The van der Waals surface area contributed by atoms with E-state index in [1.165, 1.54) is 34.5 Å². The van der Waals surface area contributed by atoms with Crippen LogP contribution in [0.15, 0.2) is 53.8 Å². The molecule has 1 aromatic carbocycles. The fourth-order valence-corrected chi connectivity index (χ4v) is 3.40. The average Bonchev–Trinajstić information content (AvgIpc) is 3.11. The van der Waals surface area contributed by atoms with E-state index in [2.05, 4.69) is 20.5 Å². The third-order valence-electron chi connectivity index (χ3n) is 3.33. The van der Waals surface area contributed by atoms with Crippen molar-refractivity contribution in [1.29, 1.82) is 0 Å². The fraction of sp³-hybridized carbons (Fsp3) is 0.143. The number of pyridine rings is 1. The molecular formula is C14H13ClN6O2S. The normalized spacial score (nSPS) is 11.8. The van der Waals surface area contributed by atoms with Gasteiger partial charge in [-0.3, -0.25) is 0 Å². The maximum Gasteiger partial charge on any atom is 0.243 e. The number of hydrogen-bond donors (Lipinski definition) is 0. The van der Waals surface area contributed by atoms with Gasteiger partial charge in [-0.2, -0.15) is 4.31 Å². The van der Waals surface area contributed by atoms with E-state index < -0.39 is 10.0 Å². The van der Waals surface area contributed by atoms with Gasteiger partial charge in [-0.25, -0.2) is 18.1 Å². The van der Waals surface area contributed by atoms with Crippen molar-refractivity contribution in [3.05, 3.63) is 59.6 Å². The van der Waals surface area contributed by atoms with Gasteiger partial charge in [-0.15, -0.1) is 5.10 Å². The predicted molar refractivity (Wildman–Crippen MR) is 87.1 cm³/mol. The number of aromatic nitrogens is 5. The zero-order chi connectivity index (χ0) is 17.2. The first-order chi connectivity index (χ1) is 11.5. The van der Waals surface area contributed by atoms with E-state index in [1.807, 2.05) is 0 Å². The standard InChI is InChI=1S/C14H13ClN6O2S/c1-20(9-11-5-6-14(15)16-8-11)24(22,23)13-4-2-3-12(7-13)21-10-17-18-19-21/h2-8,10H,9H2,1H3. The Morgan fingerprint density at radius 2 is 2.08 bits per heavy atom. The minimum atomic E-state index is -3.67. The number of nitrogens with zero attached hydrogens (tertiary/aromatic N) is 6. The van der Waals surface area contributed by atoms with Crippen LogP contribution in [0.2, 0.25) is 5.15 Å². The second-order valence-corrected chi connectivity index (χ2v) is 7.43. The van der Waals surface area contributed by atoms with Crippen LogP contribution in [0, 0.1) is 0 Å². The van der Waals surface area contributed by atoms with Crippen LogP contribution < -0.4 is 0 Å². The quantitative estimate of drug-likeness (QED) is 0.637. The van der Waals surface area contributed by atoms with Gasteiger partial charge in [0, 0.05) is 19.8 Å². The third kappa shape index (κ3) is 3.42. The number of sulfonamides is 1. The number of hydrogen-bond acceptors (Lipinski definition) is 6. The van der Waals surface area contributed by atoms with E-state index in [4.69, 9.17) is 11.6 Å². The van der Waals surface area contributed by atoms with Crippen molar-refractivity contribution >= 4 is 21.6 Å². The first-order valence-corrected chi connectivity index (χ1v) is 8.69. The first kappa shape index (κ1) is 16.5. The average molecular weight is 365 g/mol. The molecule has 0 radical (unpaired) electrons. The molecule has 0 atom stereocenters. The SMILES string of the molecule is CN(Cc1ccc(Cl)nc1)S(=O)(=O)c1cccc(-n2cnnn2)c1. The summed E-state index contributed by atoms with van der Waals surface area (Å²) in [5.74, 6) is 0. The highest BCUT2D eigenvalue weighted by atomic mass is 35.5. The largest absolute Gasteiger partial charge is 0.244 e. The van der Waals surface area contributed by atoms with E-state index in [0.29, 0.717) is 10.8 Å². The van der Waals surface area contributed by atoms with Crippen LogP contribution in [-0.4, -0.2) is 45.0 Å². The van der Waals surface area contributed by atoms with Crippen molar-refractivity contribution in [2.75, 3.05) is 7.05 Å². The van der Waals surface area contributed by atoms with Gasteiger partial charge in [0.25, 0.3) is 0 Å². The smallest absolute Gasteiger partial charge is 0.243 e. The lowest BCUT2D eigenvalue weighted by Crippen LogP contribution is -2.26. The van der Waals surface area contributed by atoms with E-state index >= 15 is 0 Å². The Hall–Kier alpha value is -2.36. The Morgan fingerprint density at radius 3 is 2.75 bits per heavy atom. The molecule has 0 saturated carbocycles. The van der Waals surface area contributed by atoms with Gasteiger partial charge in [0.15, 0.2) is 0 Å². The monoisotopic (exact) mass is 364 g/mol. The highest BCUT2D eigenvalue weighted by Crippen LogP contribution is 2.19. The van der Waals surface area contributed by atoms with Gasteiger partial charge >= 0.3 is 0 Å². The molecule has 3 rings (SSSR count). The summed E-state index contributed by atoms with van der Waals surface area (Å²) in [4.78, 5) is 4.11. The van der Waals surface area contributed by atoms with Gasteiger partial charge < -0.3 is 0 Å². The van der Waals surface area contributed by atoms with Crippen LogP contribution in [0.4, 0.5) is 0 Å². The number of halogens is 1. The van der Waals surface area contributed by atoms with Crippen LogP contribution in [0.3, 0.4) is 0 Å². The number of rotatable bonds is 5. The molecule has 8 nitrogen and oxygen atoms in total. The van der Waals surface area contributed by atoms with Crippen molar-refractivity contribution in [3.63, 3.8) is 0 Å². The minimum absolute atomic E-state index is 0.153. The molecule has 0 N–H and O–H groups in total. The molecule has 0 bridgehead atoms.